The van der Waals surface area contributed by atoms with E-state index in [2.05, 4.69) is 43.9 Å². The molecular weight excluding hydrogens is 280 g/mol. The highest BCUT2D eigenvalue weighted by molar-refractivity contribution is 5.92. The summed E-state index contributed by atoms with van der Waals surface area (Å²) in [5, 5.41) is 11.6. The van der Waals surface area contributed by atoms with Gasteiger partial charge in [-0.3, -0.25) is 4.79 Å². The van der Waals surface area contributed by atoms with Gasteiger partial charge in [-0.05, 0) is 19.4 Å². The van der Waals surface area contributed by atoms with Crippen molar-refractivity contribution in [3.63, 3.8) is 0 Å². The van der Waals surface area contributed by atoms with E-state index in [0.29, 0.717) is 24.0 Å². The van der Waals surface area contributed by atoms with E-state index in [1.54, 1.807) is 19.2 Å². The topological polar surface area (TPSA) is 85.6 Å². The van der Waals surface area contributed by atoms with Crippen molar-refractivity contribution in [3.8, 4) is 0 Å². The zero-order valence-electron chi connectivity index (χ0n) is 13.1. The summed E-state index contributed by atoms with van der Waals surface area (Å²) in [6.07, 6.45) is 3.30. The number of rotatable bonds is 3. The first-order valence-electron chi connectivity index (χ1n) is 7.57. The van der Waals surface area contributed by atoms with Crippen LogP contribution in [0.2, 0.25) is 0 Å². The van der Waals surface area contributed by atoms with Gasteiger partial charge in [-0.25, -0.2) is 9.97 Å². The summed E-state index contributed by atoms with van der Waals surface area (Å²) in [7, 11) is 0. The maximum absolute atomic E-state index is 12.3. The highest BCUT2D eigenvalue weighted by Crippen LogP contribution is 2.20. The van der Waals surface area contributed by atoms with Gasteiger partial charge in [0.1, 0.15) is 23.2 Å². The van der Waals surface area contributed by atoms with Crippen LogP contribution in [0.4, 0.5) is 0 Å². The summed E-state index contributed by atoms with van der Waals surface area (Å²) >= 11 is 0. The van der Waals surface area contributed by atoms with Crippen molar-refractivity contribution >= 4 is 5.91 Å². The Morgan fingerprint density at radius 2 is 2.23 bits per heavy atom. The number of carbonyl (C=O) groups excluding carboxylic acids is 1. The molecule has 1 aliphatic rings. The average molecular weight is 300 g/mol. The van der Waals surface area contributed by atoms with Crippen LogP contribution < -0.4 is 5.32 Å². The van der Waals surface area contributed by atoms with E-state index in [0.717, 1.165) is 24.5 Å². The maximum atomic E-state index is 12.3. The Kier molecular flexibility index (Phi) is 3.87. The quantitative estimate of drug-likeness (QED) is 0.922. The summed E-state index contributed by atoms with van der Waals surface area (Å²) in [5.74, 6) is 2.75. The second kappa shape index (κ2) is 5.82. The fourth-order valence-corrected chi connectivity index (χ4v) is 2.73. The van der Waals surface area contributed by atoms with Crippen molar-refractivity contribution in [1.29, 1.82) is 0 Å². The van der Waals surface area contributed by atoms with Crippen LogP contribution in [0.25, 0.3) is 0 Å². The van der Waals surface area contributed by atoms with E-state index in [4.69, 9.17) is 0 Å². The average Bonchev–Trinajstić information content (AvgIpc) is 2.90. The summed E-state index contributed by atoms with van der Waals surface area (Å²) in [5.41, 5.74) is 0.408. The molecule has 2 aromatic rings. The first kappa shape index (κ1) is 14.6. The predicted octanol–water partition coefficient (Wildman–Crippen LogP) is 1.24. The smallest absolute Gasteiger partial charge is 0.270 e. The van der Waals surface area contributed by atoms with E-state index in [-0.39, 0.29) is 11.9 Å². The molecule has 3 heterocycles. The molecule has 0 unspecified atom stereocenters. The molecule has 1 atom stereocenters. The molecule has 22 heavy (non-hydrogen) atoms. The summed E-state index contributed by atoms with van der Waals surface area (Å²) in [6, 6.07) is 1.71. The van der Waals surface area contributed by atoms with Crippen molar-refractivity contribution < 1.29 is 4.79 Å². The lowest BCUT2D eigenvalue weighted by atomic mass is 10.1. The van der Waals surface area contributed by atoms with Gasteiger partial charge >= 0.3 is 0 Å². The minimum atomic E-state index is -0.155. The van der Waals surface area contributed by atoms with Crippen molar-refractivity contribution in [3.05, 3.63) is 35.4 Å². The first-order valence-corrected chi connectivity index (χ1v) is 7.57. The summed E-state index contributed by atoms with van der Waals surface area (Å²) in [6.45, 7) is 6.69. The molecule has 2 aromatic heterocycles. The fourth-order valence-electron chi connectivity index (χ4n) is 2.73. The third kappa shape index (κ3) is 2.84. The molecule has 0 saturated carbocycles. The molecule has 3 rings (SSSR count). The van der Waals surface area contributed by atoms with E-state index < -0.39 is 0 Å². The number of carbonyl (C=O) groups is 1. The standard InChI is InChI=1S/C15H20N6O/c1-9(2)14-20-19-13-5-4-11(8-21(13)14)18-15(22)12-6-7-16-10(3)17-12/h6-7,9,11H,4-5,8H2,1-3H3,(H,18,22)/t11-/m0/s1. The number of hydrogen-bond acceptors (Lipinski definition) is 5. The van der Waals surface area contributed by atoms with Gasteiger partial charge < -0.3 is 9.88 Å². The molecule has 1 amide bonds. The Bertz CT molecular complexity index is 693. The number of aromatic nitrogens is 5. The molecule has 0 bridgehead atoms. The number of hydrogen-bond donors (Lipinski definition) is 1. The Morgan fingerprint density at radius 1 is 1.41 bits per heavy atom. The summed E-state index contributed by atoms with van der Waals surface area (Å²) in [4.78, 5) is 20.5. The maximum Gasteiger partial charge on any atom is 0.270 e. The Labute approximate surface area is 129 Å². The van der Waals surface area contributed by atoms with E-state index >= 15 is 0 Å². The zero-order chi connectivity index (χ0) is 15.7. The Morgan fingerprint density at radius 3 is 2.95 bits per heavy atom. The van der Waals surface area contributed by atoms with Crippen LogP contribution in [0.5, 0.6) is 0 Å². The molecule has 0 fully saturated rings. The number of nitrogens with zero attached hydrogens (tertiary/aromatic N) is 5. The van der Waals surface area contributed by atoms with Crippen LogP contribution in [0, 0.1) is 6.92 Å². The van der Waals surface area contributed by atoms with Gasteiger partial charge in [0.05, 0.1) is 0 Å². The van der Waals surface area contributed by atoms with Crippen LogP contribution in [0.3, 0.4) is 0 Å². The van der Waals surface area contributed by atoms with Crippen LogP contribution >= 0.6 is 0 Å². The second-order valence-corrected chi connectivity index (χ2v) is 5.94. The molecule has 0 saturated heterocycles. The second-order valence-electron chi connectivity index (χ2n) is 5.94. The highest BCUT2D eigenvalue weighted by atomic mass is 16.1. The lowest BCUT2D eigenvalue weighted by Gasteiger charge is -2.25. The van der Waals surface area contributed by atoms with Crippen molar-refractivity contribution in [1.82, 2.24) is 30.0 Å². The van der Waals surface area contributed by atoms with Gasteiger partial charge in [0.25, 0.3) is 5.91 Å². The molecule has 7 nitrogen and oxygen atoms in total. The molecule has 0 aliphatic carbocycles. The van der Waals surface area contributed by atoms with E-state index in [1.807, 2.05) is 0 Å². The third-order valence-electron chi connectivity index (χ3n) is 3.84. The van der Waals surface area contributed by atoms with E-state index in [1.165, 1.54) is 0 Å². The normalized spacial score (nSPS) is 17.4. The molecule has 1 N–H and O–H groups in total. The number of nitrogens with one attached hydrogen (secondary N) is 1. The van der Waals surface area contributed by atoms with Gasteiger partial charge in [0.2, 0.25) is 0 Å². The largest absolute Gasteiger partial charge is 0.346 e. The molecule has 0 radical (unpaired) electrons. The van der Waals surface area contributed by atoms with Crippen LogP contribution in [-0.4, -0.2) is 36.7 Å². The van der Waals surface area contributed by atoms with Crippen LogP contribution in [-0.2, 0) is 13.0 Å². The van der Waals surface area contributed by atoms with Crippen molar-refractivity contribution in [2.45, 2.75) is 52.1 Å². The Hall–Kier alpha value is -2.31. The molecular formula is C15H20N6O. The van der Waals surface area contributed by atoms with Crippen molar-refractivity contribution in [2.24, 2.45) is 0 Å². The zero-order valence-corrected chi connectivity index (χ0v) is 13.1. The number of amides is 1. The first-order chi connectivity index (χ1) is 10.5. The minimum Gasteiger partial charge on any atom is -0.346 e. The number of aryl methyl sites for hydroxylation is 2. The van der Waals surface area contributed by atoms with Gasteiger partial charge in [0, 0.05) is 31.1 Å². The van der Waals surface area contributed by atoms with Gasteiger partial charge in [-0.15, -0.1) is 10.2 Å². The Balaban J connectivity index is 1.72. The lowest BCUT2D eigenvalue weighted by Crippen LogP contribution is -2.41. The van der Waals surface area contributed by atoms with Crippen LogP contribution in [0.15, 0.2) is 12.3 Å². The van der Waals surface area contributed by atoms with Gasteiger partial charge in [-0.1, -0.05) is 13.8 Å². The fraction of sp³-hybridized carbons (Fsp3) is 0.533. The molecule has 7 heteroatoms. The predicted molar refractivity (Wildman–Crippen MR) is 80.5 cm³/mol. The number of fused-ring (bicyclic) bond motifs is 1. The minimum absolute atomic E-state index is 0.0729. The monoisotopic (exact) mass is 300 g/mol. The molecule has 0 spiro atoms. The lowest BCUT2D eigenvalue weighted by molar-refractivity contribution is 0.0921. The van der Waals surface area contributed by atoms with Crippen molar-refractivity contribution in [2.75, 3.05) is 0 Å². The molecule has 1 aliphatic heterocycles. The van der Waals surface area contributed by atoms with E-state index in [9.17, 15) is 4.79 Å². The van der Waals surface area contributed by atoms with Crippen LogP contribution in [0.1, 0.15) is 54.1 Å². The van der Waals surface area contributed by atoms with Gasteiger partial charge in [0.15, 0.2) is 0 Å². The highest BCUT2D eigenvalue weighted by Gasteiger charge is 2.25. The third-order valence-corrected chi connectivity index (χ3v) is 3.84. The SMILES string of the molecule is Cc1nccc(C(=O)N[C@H]2CCc3nnc(C(C)C)n3C2)n1. The molecule has 0 aromatic carbocycles. The molecule has 116 valence electrons. The van der Waals surface area contributed by atoms with Gasteiger partial charge in [-0.2, -0.15) is 0 Å². The summed E-state index contributed by atoms with van der Waals surface area (Å²) < 4.78 is 2.13.